The first-order chi connectivity index (χ1) is 9.93. The fourth-order valence-corrected chi connectivity index (χ4v) is 2.76. The minimum Gasteiger partial charge on any atom is -0.468 e. The lowest BCUT2D eigenvalue weighted by Crippen LogP contribution is -2.42. The molecule has 0 aliphatic carbocycles. The molecule has 0 unspecified atom stereocenters. The highest BCUT2D eigenvalue weighted by atomic mass is 32.2. The van der Waals surface area contributed by atoms with E-state index in [4.69, 9.17) is 0 Å². The SMILES string of the molecule is COC(=O)CN(C(=O)CSCc1cccc(C)c1)C(C)C. The van der Waals surface area contributed by atoms with Crippen LogP contribution in [-0.4, -0.2) is 42.2 Å². The first-order valence-corrected chi connectivity index (χ1v) is 8.09. The highest BCUT2D eigenvalue weighted by molar-refractivity contribution is 7.99. The zero-order chi connectivity index (χ0) is 15.8. The molecule has 0 aromatic heterocycles. The Bertz CT molecular complexity index is 488. The van der Waals surface area contributed by atoms with Gasteiger partial charge in [0.1, 0.15) is 6.54 Å². The summed E-state index contributed by atoms with van der Waals surface area (Å²) < 4.78 is 4.63. The molecule has 0 saturated carbocycles. The number of hydrogen-bond acceptors (Lipinski definition) is 4. The van der Waals surface area contributed by atoms with E-state index in [1.807, 2.05) is 19.9 Å². The van der Waals surface area contributed by atoms with Crippen LogP contribution in [0, 0.1) is 6.92 Å². The summed E-state index contributed by atoms with van der Waals surface area (Å²) in [5, 5.41) is 0. The number of nitrogens with zero attached hydrogens (tertiary/aromatic N) is 1. The van der Waals surface area contributed by atoms with Gasteiger partial charge in [0.2, 0.25) is 5.91 Å². The van der Waals surface area contributed by atoms with Crippen molar-refractivity contribution in [3.8, 4) is 0 Å². The van der Waals surface area contributed by atoms with Crippen molar-refractivity contribution in [2.75, 3.05) is 19.4 Å². The summed E-state index contributed by atoms with van der Waals surface area (Å²) in [6, 6.07) is 8.22. The van der Waals surface area contributed by atoms with Crippen molar-refractivity contribution in [1.29, 1.82) is 0 Å². The lowest BCUT2D eigenvalue weighted by molar-refractivity contribution is -0.147. The van der Waals surface area contributed by atoms with Gasteiger partial charge < -0.3 is 9.64 Å². The highest BCUT2D eigenvalue weighted by Crippen LogP contribution is 2.14. The first-order valence-electron chi connectivity index (χ1n) is 6.93. The summed E-state index contributed by atoms with van der Waals surface area (Å²) in [5.74, 6) is 0.731. The molecule has 0 bridgehead atoms. The smallest absolute Gasteiger partial charge is 0.325 e. The van der Waals surface area contributed by atoms with Crippen LogP contribution < -0.4 is 0 Å². The molecule has 5 heteroatoms. The molecule has 1 rings (SSSR count). The summed E-state index contributed by atoms with van der Waals surface area (Å²) in [6.45, 7) is 5.85. The van der Waals surface area contributed by atoms with Crippen molar-refractivity contribution < 1.29 is 14.3 Å². The molecule has 0 heterocycles. The molecule has 1 amide bonds. The van der Waals surface area contributed by atoms with Crippen molar-refractivity contribution in [2.24, 2.45) is 0 Å². The topological polar surface area (TPSA) is 46.6 Å². The lowest BCUT2D eigenvalue weighted by Gasteiger charge is -2.25. The number of carbonyl (C=O) groups excluding carboxylic acids is 2. The number of rotatable bonds is 7. The van der Waals surface area contributed by atoms with Gasteiger partial charge in [0, 0.05) is 11.8 Å². The van der Waals surface area contributed by atoms with Gasteiger partial charge in [-0.1, -0.05) is 29.8 Å². The van der Waals surface area contributed by atoms with Crippen LogP contribution in [0.2, 0.25) is 0 Å². The van der Waals surface area contributed by atoms with E-state index in [1.54, 1.807) is 16.7 Å². The second-order valence-electron chi connectivity index (χ2n) is 5.17. The zero-order valence-corrected chi connectivity index (χ0v) is 13.9. The molecule has 4 nitrogen and oxygen atoms in total. The van der Waals surface area contributed by atoms with Crippen LogP contribution in [-0.2, 0) is 20.1 Å². The Labute approximate surface area is 130 Å². The Hall–Kier alpha value is -1.49. The molecule has 0 radical (unpaired) electrons. The minimum atomic E-state index is -0.388. The van der Waals surface area contributed by atoms with Crippen LogP contribution in [0.1, 0.15) is 25.0 Å². The minimum absolute atomic E-state index is 0.0119. The van der Waals surface area contributed by atoms with Gasteiger partial charge in [-0.3, -0.25) is 9.59 Å². The Balaban J connectivity index is 2.48. The molecule has 1 aromatic carbocycles. The average molecular weight is 309 g/mol. The molecule has 0 atom stereocenters. The number of esters is 1. The van der Waals surface area contributed by atoms with Crippen molar-refractivity contribution in [3.05, 3.63) is 35.4 Å². The summed E-state index contributed by atoms with van der Waals surface area (Å²) >= 11 is 1.56. The van der Waals surface area contributed by atoms with Crippen molar-refractivity contribution in [3.63, 3.8) is 0 Å². The van der Waals surface area contributed by atoms with E-state index < -0.39 is 0 Å². The molecule has 0 aliphatic heterocycles. The average Bonchev–Trinajstić information content (AvgIpc) is 2.44. The van der Waals surface area contributed by atoms with Crippen molar-refractivity contribution in [2.45, 2.75) is 32.6 Å². The third-order valence-electron chi connectivity index (χ3n) is 3.05. The van der Waals surface area contributed by atoms with Gasteiger partial charge >= 0.3 is 5.97 Å². The van der Waals surface area contributed by atoms with Gasteiger partial charge in [-0.25, -0.2) is 0 Å². The number of amides is 1. The number of ether oxygens (including phenoxy) is 1. The molecule has 116 valence electrons. The molecular weight excluding hydrogens is 286 g/mol. The van der Waals surface area contributed by atoms with E-state index in [2.05, 4.69) is 29.9 Å². The van der Waals surface area contributed by atoms with E-state index in [0.717, 1.165) is 5.75 Å². The van der Waals surface area contributed by atoms with Crippen molar-refractivity contribution >= 4 is 23.6 Å². The van der Waals surface area contributed by atoms with E-state index in [-0.39, 0.29) is 24.5 Å². The van der Waals surface area contributed by atoms with Crippen LogP contribution in [0.25, 0.3) is 0 Å². The van der Waals surface area contributed by atoms with Gasteiger partial charge in [0.25, 0.3) is 0 Å². The molecule has 21 heavy (non-hydrogen) atoms. The maximum Gasteiger partial charge on any atom is 0.325 e. The third-order valence-corrected chi connectivity index (χ3v) is 4.04. The van der Waals surface area contributed by atoms with Crippen molar-refractivity contribution in [1.82, 2.24) is 4.90 Å². The summed E-state index contributed by atoms with van der Waals surface area (Å²) in [6.07, 6.45) is 0. The van der Waals surface area contributed by atoms with Crippen LogP contribution >= 0.6 is 11.8 Å². The first kappa shape index (κ1) is 17.6. The maximum atomic E-state index is 12.2. The molecule has 0 aliphatic rings. The zero-order valence-electron chi connectivity index (χ0n) is 13.1. The Kier molecular flexibility index (Phi) is 7.29. The molecule has 0 fully saturated rings. The Morgan fingerprint density at radius 1 is 1.33 bits per heavy atom. The Morgan fingerprint density at radius 2 is 2.05 bits per heavy atom. The number of thioether (sulfide) groups is 1. The van der Waals surface area contributed by atoms with Crippen LogP contribution in [0.3, 0.4) is 0 Å². The van der Waals surface area contributed by atoms with Crippen LogP contribution in [0.5, 0.6) is 0 Å². The monoisotopic (exact) mass is 309 g/mol. The summed E-state index contributed by atoms with van der Waals surface area (Å²) in [7, 11) is 1.33. The van der Waals surface area contributed by atoms with E-state index in [1.165, 1.54) is 18.2 Å². The predicted molar refractivity (Wildman–Crippen MR) is 86.2 cm³/mol. The summed E-state index contributed by atoms with van der Waals surface area (Å²) in [4.78, 5) is 25.1. The van der Waals surface area contributed by atoms with Crippen LogP contribution in [0.15, 0.2) is 24.3 Å². The number of carbonyl (C=O) groups is 2. The molecule has 0 N–H and O–H groups in total. The van der Waals surface area contributed by atoms with Crippen LogP contribution in [0.4, 0.5) is 0 Å². The largest absolute Gasteiger partial charge is 0.468 e. The predicted octanol–water partition coefficient (Wildman–Crippen LogP) is 2.64. The third kappa shape index (κ3) is 6.21. The van der Waals surface area contributed by atoms with Gasteiger partial charge in [0.15, 0.2) is 0 Å². The fraction of sp³-hybridized carbons (Fsp3) is 0.500. The highest BCUT2D eigenvalue weighted by Gasteiger charge is 2.20. The standard InChI is InChI=1S/C16H23NO3S/c1-12(2)17(9-16(19)20-4)15(18)11-21-10-14-7-5-6-13(3)8-14/h5-8,12H,9-11H2,1-4H3. The van der Waals surface area contributed by atoms with Gasteiger partial charge in [0.05, 0.1) is 12.9 Å². The van der Waals surface area contributed by atoms with E-state index in [9.17, 15) is 9.59 Å². The molecule has 0 saturated heterocycles. The maximum absolute atomic E-state index is 12.2. The number of hydrogen-bond donors (Lipinski definition) is 0. The van der Waals surface area contributed by atoms with Gasteiger partial charge in [-0.15, -0.1) is 11.8 Å². The normalized spacial score (nSPS) is 10.5. The molecular formula is C16H23NO3S. The Morgan fingerprint density at radius 3 is 2.62 bits per heavy atom. The number of aryl methyl sites for hydroxylation is 1. The lowest BCUT2D eigenvalue weighted by atomic mass is 10.2. The quantitative estimate of drug-likeness (QED) is 0.727. The molecule has 1 aromatic rings. The second-order valence-corrected chi connectivity index (χ2v) is 6.16. The van der Waals surface area contributed by atoms with E-state index >= 15 is 0 Å². The fourth-order valence-electron chi connectivity index (χ4n) is 1.90. The molecule has 0 spiro atoms. The summed E-state index contributed by atoms with van der Waals surface area (Å²) in [5.41, 5.74) is 2.42. The number of benzene rings is 1. The van der Waals surface area contributed by atoms with E-state index in [0.29, 0.717) is 5.75 Å². The second kappa shape index (κ2) is 8.72. The number of methoxy groups -OCH3 is 1. The van der Waals surface area contributed by atoms with Gasteiger partial charge in [-0.05, 0) is 26.3 Å². The van der Waals surface area contributed by atoms with Gasteiger partial charge in [-0.2, -0.15) is 0 Å².